The highest BCUT2D eigenvalue weighted by Crippen LogP contribution is 2.27. The molecule has 1 N–H and O–H groups in total. The van der Waals surface area contributed by atoms with Gasteiger partial charge < -0.3 is 10.2 Å². The minimum Gasteiger partial charge on any atom is -0.313 e. The molecule has 1 aliphatic rings. The first-order valence-electron chi connectivity index (χ1n) is 6.80. The van der Waals surface area contributed by atoms with Gasteiger partial charge in [0.05, 0.1) is 0 Å². The molecule has 3 rings (SSSR count). The molecule has 2 aromatic rings. The normalized spacial score (nSPS) is 15.5. The van der Waals surface area contributed by atoms with Crippen molar-refractivity contribution in [2.24, 2.45) is 0 Å². The van der Waals surface area contributed by atoms with E-state index in [0.29, 0.717) is 0 Å². The first-order chi connectivity index (χ1) is 9.20. The monoisotopic (exact) mass is 278 g/mol. The fourth-order valence-corrected chi connectivity index (χ4v) is 3.36. The third-order valence-corrected chi connectivity index (χ3v) is 4.56. The highest BCUT2D eigenvalue weighted by Gasteiger charge is 2.19. The van der Waals surface area contributed by atoms with Crippen LogP contribution in [0.3, 0.4) is 0 Å². The fourth-order valence-electron chi connectivity index (χ4n) is 2.24. The van der Waals surface area contributed by atoms with Crippen molar-refractivity contribution >= 4 is 21.4 Å². The van der Waals surface area contributed by atoms with Crippen molar-refractivity contribution in [3.63, 3.8) is 0 Å². The van der Waals surface area contributed by atoms with E-state index >= 15 is 0 Å². The van der Waals surface area contributed by atoms with Gasteiger partial charge in [-0.2, -0.15) is 0 Å². The van der Waals surface area contributed by atoms with Crippen LogP contribution in [0.25, 0.3) is 10.1 Å². The first kappa shape index (κ1) is 13.0. The van der Waals surface area contributed by atoms with Gasteiger partial charge in [0.2, 0.25) is 0 Å². The minimum absolute atomic E-state index is 0.154. The van der Waals surface area contributed by atoms with Gasteiger partial charge in [-0.1, -0.05) is 0 Å². The molecule has 19 heavy (non-hydrogen) atoms. The lowest BCUT2D eigenvalue weighted by molar-refractivity contribution is 0.327. The summed E-state index contributed by atoms with van der Waals surface area (Å²) in [4.78, 5) is 3.62. The molecule has 0 spiro atoms. The Morgan fingerprint density at radius 3 is 3.00 bits per heavy atom. The maximum Gasteiger partial charge on any atom is 0.123 e. The first-order valence-corrected chi connectivity index (χ1v) is 7.62. The number of rotatable bonds is 6. The highest BCUT2D eigenvalue weighted by molar-refractivity contribution is 7.19. The van der Waals surface area contributed by atoms with Gasteiger partial charge in [-0.25, -0.2) is 4.39 Å². The number of nitrogens with one attached hydrogen (secondary N) is 1. The van der Waals surface area contributed by atoms with Gasteiger partial charge in [-0.15, -0.1) is 11.3 Å². The summed E-state index contributed by atoms with van der Waals surface area (Å²) in [6, 6.07) is 7.90. The van der Waals surface area contributed by atoms with Crippen molar-refractivity contribution in [2.45, 2.75) is 25.4 Å². The summed E-state index contributed by atoms with van der Waals surface area (Å²) in [6.45, 7) is 3.05. The van der Waals surface area contributed by atoms with E-state index in [1.54, 1.807) is 17.4 Å². The second-order valence-corrected chi connectivity index (χ2v) is 6.53. The summed E-state index contributed by atoms with van der Waals surface area (Å²) in [5, 5.41) is 4.54. The molecule has 1 saturated carbocycles. The van der Waals surface area contributed by atoms with Gasteiger partial charge in [0.1, 0.15) is 5.82 Å². The molecular formula is C15H19FN2S. The van der Waals surface area contributed by atoms with E-state index in [1.165, 1.54) is 28.5 Å². The molecule has 102 valence electrons. The Bertz CT molecular complexity index is 562. The van der Waals surface area contributed by atoms with Crippen molar-refractivity contribution in [1.29, 1.82) is 0 Å². The molecule has 0 atom stereocenters. The van der Waals surface area contributed by atoms with Crippen LogP contribution < -0.4 is 5.32 Å². The number of hydrogen-bond acceptors (Lipinski definition) is 3. The van der Waals surface area contributed by atoms with E-state index in [4.69, 9.17) is 0 Å². The van der Waals surface area contributed by atoms with Gasteiger partial charge in [0, 0.05) is 35.3 Å². The average Bonchev–Trinajstić information content (AvgIpc) is 3.09. The van der Waals surface area contributed by atoms with Crippen molar-refractivity contribution in [3.05, 3.63) is 35.0 Å². The Hall–Kier alpha value is -0.970. The van der Waals surface area contributed by atoms with E-state index in [-0.39, 0.29) is 5.82 Å². The van der Waals surface area contributed by atoms with Gasteiger partial charge in [-0.05, 0) is 49.5 Å². The summed E-state index contributed by atoms with van der Waals surface area (Å²) in [6.07, 6.45) is 2.68. The molecule has 1 aliphatic carbocycles. The fraction of sp³-hybridized carbons (Fsp3) is 0.467. The maximum absolute atomic E-state index is 13.1. The summed E-state index contributed by atoms with van der Waals surface area (Å²) in [5.41, 5.74) is 0. The molecule has 0 aliphatic heterocycles. The lowest BCUT2D eigenvalue weighted by Gasteiger charge is -2.15. The third kappa shape index (κ3) is 3.53. The van der Waals surface area contributed by atoms with Crippen LogP contribution in [0.2, 0.25) is 0 Å². The Morgan fingerprint density at radius 1 is 1.37 bits per heavy atom. The molecule has 1 fully saturated rings. The number of benzene rings is 1. The van der Waals surface area contributed by atoms with Crippen molar-refractivity contribution < 1.29 is 4.39 Å². The number of likely N-dealkylation sites (N-methyl/N-ethyl adjacent to an activating group) is 1. The SMILES string of the molecule is CN(CCNC1CC1)Cc1cc2cc(F)ccc2s1. The molecule has 1 aromatic heterocycles. The molecule has 0 bridgehead atoms. The molecule has 1 heterocycles. The number of thiophene rings is 1. The van der Waals surface area contributed by atoms with Crippen LogP contribution in [0.15, 0.2) is 24.3 Å². The van der Waals surface area contributed by atoms with Crippen LogP contribution in [0, 0.1) is 5.82 Å². The number of halogens is 1. The lowest BCUT2D eigenvalue weighted by Crippen LogP contribution is -2.29. The zero-order chi connectivity index (χ0) is 13.2. The van der Waals surface area contributed by atoms with Gasteiger partial charge in [0.25, 0.3) is 0 Å². The molecule has 1 aromatic carbocycles. The van der Waals surface area contributed by atoms with E-state index < -0.39 is 0 Å². The molecule has 4 heteroatoms. The standard InChI is InChI=1S/C15H19FN2S/c1-18(7-6-17-13-3-4-13)10-14-9-11-8-12(16)2-5-15(11)19-14/h2,5,8-9,13,17H,3-4,6-7,10H2,1H3. The zero-order valence-corrected chi connectivity index (χ0v) is 12.0. The number of hydrogen-bond donors (Lipinski definition) is 1. The Kier molecular flexibility index (Phi) is 3.82. The summed E-state index contributed by atoms with van der Waals surface area (Å²) in [7, 11) is 2.14. The zero-order valence-electron chi connectivity index (χ0n) is 11.2. The van der Waals surface area contributed by atoms with Crippen molar-refractivity contribution in [2.75, 3.05) is 20.1 Å². The Labute approximate surface area is 117 Å². The van der Waals surface area contributed by atoms with Crippen LogP contribution in [0.4, 0.5) is 4.39 Å². The van der Waals surface area contributed by atoms with E-state index in [2.05, 4.69) is 23.3 Å². The van der Waals surface area contributed by atoms with Crippen LogP contribution in [0.5, 0.6) is 0 Å². The van der Waals surface area contributed by atoms with Crippen LogP contribution >= 0.6 is 11.3 Å². The predicted molar refractivity (Wildman–Crippen MR) is 79.1 cm³/mol. The van der Waals surface area contributed by atoms with Crippen molar-refractivity contribution in [3.8, 4) is 0 Å². The highest BCUT2D eigenvalue weighted by atomic mass is 32.1. The topological polar surface area (TPSA) is 15.3 Å². The quantitative estimate of drug-likeness (QED) is 0.873. The molecule has 0 amide bonds. The van der Waals surface area contributed by atoms with Gasteiger partial charge in [0.15, 0.2) is 0 Å². The minimum atomic E-state index is -0.154. The number of nitrogens with zero attached hydrogens (tertiary/aromatic N) is 1. The van der Waals surface area contributed by atoms with E-state index in [0.717, 1.165) is 31.1 Å². The Morgan fingerprint density at radius 2 is 2.21 bits per heavy atom. The van der Waals surface area contributed by atoms with Crippen molar-refractivity contribution in [1.82, 2.24) is 10.2 Å². The largest absolute Gasteiger partial charge is 0.313 e. The van der Waals surface area contributed by atoms with Gasteiger partial charge in [-0.3, -0.25) is 0 Å². The van der Waals surface area contributed by atoms with Crippen LogP contribution in [-0.2, 0) is 6.54 Å². The summed E-state index contributed by atoms with van der Waals surface area (Å²) < 4.78 is 14.3. The lowest BCUT2D eigenvalue weighted by atomic mass is 10.2. The molecule has 2 nitrogen and oxygen atoms in total. The molecule has 0 radical (unpaired) electrons. The van der Waals surface area contributed by atoms with Crippen LogP contribution in [-0.4, -0.2) is 31.1 Å². The smallest absolute Gasteiger partial charge is 0.123 e. The molecule has 0 unspecified atom stereocenters. The second kappa shape index (κ2) is 5.57. The summed E-state index contributed by atoms with van der Waals surface area (Å²) in [5.74, 6) is -0.154. The van der Waals surface area contributed by atoms with Gasteiger partial charge >= 0.3 is 0 Å². The summed E-state index contributed by atoms with van der Waals surface area (Å²) >= 11 is 1.76. The van der Waals surface area contributed by atoms with E-state index in [1.807, 2.05) is 6.07 Å². The van der Waals surface area contributed by atoms with E-state index in [9.17, 15) is 4.39 Å². The van der Waals surface area contributed by atoms with Crippen LogP contribution in [0.1, 0.15) is 17.7 Å². The number of fused-ring (bicyclic) bond motifs is 1. The molecule has 0 saturated heterocycles. The Balaban J connectivity index is 1.57. The second-order valence-electron chi connectivity index (χ2n) is 5.36. The third-order valence-electron chi connectivity index (χ3n) is 3.46. The average molecular weight is 278 g/mol. The predicted octanol–water partition coefficient (Wildman–Crippen LogP) is 3.22. The molecular weight excluding hydrogens is 259 g/mol. The maximum atomic E-state index is 13.1.